The van der Waals surface area contributed by atoms with Crippen molar-refractivity contribution in [2.45, 2.75) is 20.8 Å². The summed E-state index contributed by atoms with van der Waals surface area (Å²) in [5.41, 5.74) is 3.54. The van der Waals surface area contributed by atoms with Gasteiger partial charge in [0.1, 0.15) is 0 Å². The van der Waals surface area contributed by atoms with Crippen LogP contribution in [0.3, 0.4) is 0 Å². The number of aryl methyl sites for hydroxylation is 2. The Labute approximate surface area is 172 Å². The Morgan fingerprint density at radius 3 is 2.63 bits per heavy atom. The molecule has 5 heterocycles. The van der Waals surface area contributed by atoms with Crippen LogP contribution in [0.15, 0.2) is 30.7 Å². The molecule has 0 radical (unpaired) electrons. The van der Waals surface area contributed by atoms with Gasteiger partial charge in [0.25, 0.3) is 0 Å². The number of imidazole rings is 2. The number of nitrogens with one attached hydrogen (secondary N) is 1. The zero-order valence-corrected chi connectivity index (χ0v) is 17.3. The highest BCUT2D eigenvalue weighted by atomic mass is 19.1. The molecule has 30 heavy (non-hydrogen) atoms. The summed E-state index contributed by atoms with van der Waals surface area (Å²) >= 11 is 0. The van der Waals surface area contributed by atoms with E-state index in [2.05, 4.69) is 25.3 Å². The van der Waals surface area contributed by atoms with Crippen LogP contribution < -0.4 is 5.32 Å². The Hall–Kier alpha value is -3.33. The molecule has 0 spiro atoms. The lowest BCUT2D eigenvalue weighted by molar-refractivity contribution is -0.132. The molecular weight excluding hydrogens is 385 g/mol. The molecule has 9 heteroatoms. The monoisotopic (exact) mass is 407 g/mol. The lowest BCUT2D eigenvalue weighted by Crippen LogP contribution is -2.58. The van der Waals surface area contributed by atoms with E-state index in [1.54, 1.807) is 21.3 Å². The van der Waals surface area contributed by atoms with E-state index in [1.165, 1.54) is 6.07 Å². The number of carbonyl (C=O) groups is 1. The topological polar surface area (TPSA) is 79.8 Å². The number of anilines is 1. The zero-order valence-electron chi connectivity index (χ0n) is 17.3. The number of fused-ring (bicyclic) bond motifs is 2. The first-order valence-corrected chi connectivity index (χ1v) is 9.74. The molecule has 4 aromatic rings. The fourth-order valence-electron chi connectivity index (χ4n) is 4.20. The molecule has 1 aliphatic rings. The predicted molar refractivity (Wildman–Crippen MR) is 111 cm³/mol. The fourth-order valence-corrected chi connectivity index (χ4v) is 4.20. The third-order valence-corrected chi connectivity index (χ3v) is 5.56. The van der Waals surface area contributed by atoms with Crippen molar-refractivity contribution in [2.75, 3.05) is 25.5 Å². The van der Waals surface area contributed by atoms with Crippen LogP contribution in [0.2, 0.25) is 0 Å². The first-order valence-electron chi connectivity index (χ1n) is 9.74. The Morgan fingerprint density at radius 1 is 1.13 bits per heavy atom. The molecule has 5 rings (SSSR count). The maximum Gasteiger partial charge on any atom is 0.234 e. The number of amides is 1. The van der Waals surface area contributed by atoms with Crippen molar-refractivity contribution in [1.82, 2.24) is 28.9 Å². The minimum Gasteiger partial charge on any atom is -0.309 e. The first-order chi connectivity index (χ1) is 14.2. The number of halogens is 1. The van der Waals surface area contributed by atoms with Crippen LogP contribution in [0.1, 0.15) is 18.2 Å². The van der Waals surface area contributed by atoms with E-state index in [-0.39, 0.29) is 11.6 Å². The third kappa shape index (κ3) is 2.93. The molecule has 1 N–H and O–H groups in total. The van der Waals surface area contributed by atoms with Crippen molar-refractivity contribution in [3.05, 3.63) is 47.8 Å². The Morgan fingerprint density at radius 2 is 1.90 bits per heavy atom. The highest BCUT2D eigenvalue weighted by molar-refractivity contribution is 5.95. The summed E-state index contributed by atoms with van der Waals surface area (Å²) in [5.74, 6) is -0.261. The van der Waals surface area contributed by atoms with Crippen LogP contribution in [0, 0.1) is 25.1 Å². The average molecular weight is 407 g/mol. The predicted octanol–water partition coefficient (Wildman–Crippen LogP) is 2.69. The Kier molecular flexibility index (Phi) is 3.94. The van der Waals surface area contributed by atoms with E-state index >= 15 is 0 Å². The molecule has 1 fully saturated rings. The molecule has 0 aromatic carbocycles. The van der Waals surface area contributed by atoms with E-state index in [9.17, 15) is 9.18 Å². The summed E-state index contributed by atoms with van der Waals surface area (Å²) < 4.78 is 18.1. The normalized spacial score (nSPS) is 16.2. The summed E-state index contributed by atoms with van der Waals surface area (Å²) in [4.78, 5) is 23.4. The van der Waals surface area contributed by atoms with Crippen LogP contribution in [0.5, 0.6) is 0 Å². The Balaban J connectivity index is 1.50. The molecular formula is C21H22FN7O. The van der Waals surface area contributed by atoms with Crippen molar-refractivity contribution in [3.8, 4) is 11.3 Å². The van der Waals surface area contributed by atoms with Crippen molar-refractivity contribution in [3.63, 3.8) is 0 Å². The van der Waals surface area contributed by atoms with Crippen molar-refractivity contribution >= 4 is 23.0 Å². The lowest BCUT2D eigenvalue weighted by atomic mass is 9.81. The van der Waals surface area contributed by atoms with Gasteiger partial charge in [-0.15, -0.1) is 0 Å². The number of aromatic nitrogens is 5. The molecule has 0 unspecified atom stereocenters. The van der Waals surface area contributed by atoms with Crippen molar-refractivity contribution in [2.24, 2.45) is 5.41 Å². The first kappa shape index (κ1) is 18.7. The van der Waals surface area contributed by atoms with Crippen LogP contribution >= 0.6 is 0 Å². The van der Waals surface area contributed by atoms with Gasteiger partial charge in [-0.25, -0.2) is 18.9 Å². The highest BCUT2D eigenvalue weighted by Gasteiger charge is 2.43. The van der Waals surface area contributed by atoms with Crippen LogP contribution in [-0.2, 0) is 4.79 Å². The van der Waals surface area contributed by atoms with Gasteiger partial charge in [-0.2, -0.15) is 5.10 Å². The van der Waals surface area contributed by atoms with Crippen LogP contribution in [0.25, 0.3) is 22.6 Å². The van der Waals surface area contributed by atoms with Crippen molar-refractivity contribution in [1.29, 1.82) is 0 Å². The fraction of sp³-hybridized carbons (Fsp3) is 0.333. The van der Waals surface area contributed by atoms with Gasteiger partial charge in [0.2, 0.25) is 5.91 Å². The number of rotatable bonds is 3. The summed E-state index contributed by atoms with van der Waals surface area (Å²) in [5, 5.41) is 7.39. The molecule has 0 saturated carbocycles. The molecule has 0 aliphatic carbocycles. The quantitative estimate of drug-likeness (QED) is 0.565. The summed E-state index contributed by atoms with van der Waals surface area (Å²) in [6, 6.07) is 3.30. The minimum absolute atomic E-state index is 0.108. The number of likely N-dealkylation sites (tertiary alicyclic amines) is 1. The van der Waals surface area contributed by atoms with E-state index in [4.69, 9.17) is 0 Å². The highest BCUT2D eigenvalue weighted by Crippen LogP contribution is 2.30. The number of nitrogens with zero attached hydrogens (tertiary/aromatic N) is 6. The SMILES string of the molecule is Cc1cn2nc(-c3cc(F)c4nc(NC(=O)C5(C)CN(C)C5)cn4c3)cc(C)c2n1. The smallest absolute Gasteiger partial charge is 0.234 e. The van der Waals surface area contributed by atoms with Gasteiger partial charge in [-0.3, -0.25) is 4.79 Å². The number of pyridine rings is 1. The van der Waals surface area contributed by atoms with Crippen LogP contribution in [0.4, 0.5) is 10.2 Å². The molecule has 8 nitrogen and oxygen atoms in total. The number of hydrogen-bond acceptors (Lipinski definition) is 5. The average Bonchev–Trinajstić information content (AvgIpc) is 3.23. The maximum atomic E-state index is 14.8. The number of carbonyl (C=O) groups excluding carboxylic acids is 1. The van der Waals surface area contributed by atoms with Crippen LogP contribution in [-0.4, -0.2) is 54.9 Å². The Bertz CT molecular complexity index is 1320. The summed E-state index contributed by atoms with van der Waals surface area (Å²) in [6.45, 7) is 7.14. The van der Waals surface area contributed by atoms with Gasteiger partial charge in [0, 0.05) is 24.8 Å². The van der Waals surface area contributed by atoms with Gasteiger partial charge in [0.05, 0.1) is 29.2 Å². The zero-order chi connectivity index (χ0) is 21.2. The largest absolute Gasteiger partial charge is 0.309 e. The second-order valence-electron chi connectivity index (χ2n) is 8.48. The van der Waals surface area contributed by atoms with Gasteiger partial charge in [-0.05, 0) is 45.5 Å². The molecule has 1 amide bonds. The van der Waals surface area contributed by atoms with E-state index in [1.807, 2.05) is 40.1 Å². The van der Waals surface area contributed by atoms with E-state index in [0.29, 0.717) is 30.2 Å². The molecule has 4 aromatic heterocycles. The molecule has 0 bridgehead atoms. The second-order valence-corrected chi connectivity index (χ2v) is 8.48. The van der Waals surface area contributed by atoms with Gasteiger partial charge in [0.15, 0.2) is 22.9 Å². The molecule has 1 saturated heterocycles. The van der Waals surface area contributed by atoms with E-state index in [0.717, 1.165) is 16.9 Å². The van der Waals surface area contributed by atoms with Gasteiger partial charge in [-0.1, -0.05) is 0 Å². The van der Waals surface area contributed by atoms with Gasteiger partial charge < -0.3 is 14.6 Å². The molecule has 0 atom stereocenters. The van der Waals surface area contributed by atoms with Crippen molar-refractivity contribution < 1.29 is 9.18 Å². The van der Waals surface area contributed by atoms with E-state index < -0.39 is 11.2 Å². The summed E-state index contributed by atoms with van der Waals surface area (Å²) in [7, 11) is 1.97. The minimum atomic E-state index is -0.482. The maximum absolute atomic E-state index is 14.8. The lowest BCUT2D eigenvalue weighted by Gasteiger charge is -2.44. The summed E-state index contributed by atoms with van der Waals surface area (Å²) in [6.07, 6.45) is 5.22. The second kappa shape index (κ2) is 6.33. The standard InChI is InChI=1S/C21H22FN7O/c1-12-5-16(26-29-7-13(2)23-18(12)29)14-6-15(22)19-24-17(9-28(19)8-14)25-20(30)21(3)10-27(4)11-21/h5-9H,10-11H2,1-4H3,(H,25,30). The third-order valence-electron chi connectivity index (χ3n) is 5.56. The van der Waals surface area contributed by atoms with Gasteiger partial charge >= 0.3 is 0 Å². The molecule has 1 aliphatic heterocycles. The number of hydrogen-bond donors (Lipinski definition) is 1. The molecule has 154 valence electrons.